The summed E-state index contributed by atoms with van der Waals surface area (Å²) in [5.74, 6) is 1.23. The van der Waals surface area contributed by atoms with Crippen LogP contribution in [0.4, 0.5) is 0 Å². The van der Waals surface area contributed by atoms with Gasteiger partial charge in [-0.2, -0.15) is 0 Å². The predicted octanol–water partition coefficient (Wildman–Crippen LogP) is 3.24. The summed E-state index contributed by atoms with van der Waals surface area (Å²) in [4.78, 5) is 21.5. The minimum absolute atomic E-state index is 0.115. The van der Waals surface area contributed by atoms with E-state index in [2.05, 4.69) is 4.74 Å². The van der Waals surface area contributed by atoms with E-state index in [1.165, 1.54) is 32.8 Å². The van der Waals surface area contributed by atoms with Crippen LogP contribution in [-0.2, 0) is 19.1 Å². The maximum absolute atomic E-state index is 10.9. The van der Waals surface area contributed by atoms with Gasteiger partial charge in [-0.15, -0.1) is 6.42 Å². The van der Waals surface area contributed by atoms with Crippen molar-refractivity contribution in [3.63, 3.8) is 0 Å². The van der Waals surface area contributed by atoms with Crippen molar-refractivity contribution >= 4 is 11.9 Å². The molecule has 20 heavy (non-hydrogen) atoms. The summed E-state index contributed by atoms with van der Waals surface area (Å²) in [6.07, 6.45) is 15.4. The molecule has 0 aliphatic carbocycles. The van der Waals surface area contributed by atoms with Gasteiger partial charge in [0.2, 0.25) is 0 Å². The highest BCUT2D eigenvalue weighted by Crippen LogP contribution is 2.10. The Morgan fingerprint density at radius 3 is 1.90 bits per heavy atom. The molecule has 0 unspecified atom stereocenters. The Bertz CT molecular complexity index is 304. The van der Waals surface area contributed by atoms with Crippen molar-refractivity contribution in [2.45, 2.75) is 64.2 Å². The van der Waals surface area contributed by atoms with Gasteiger partial charge < -0.3 is 9.47 Å². The zero-order valence-corrected chi connectivity index (χ0v) is 12.5. The van der Waals surface area contributed by atoms with E-state index >= 15 is 0 Å². The van der Waals surface area contributed by atoms with Crippen molar-refractivity contribution in [3.8, 4) is 12.3 Å². The zero-order chi connectivity index (χ0) is 15.1. The average molecular weight is 282 g/mol. The van der Waals surface area contributed by atoms with Gasteiger partial charge in [0.05, 0.1) is 13.7 Å². The Labute approximate surface area is 122 Å². The first kappa shape index (κ1) is 18.5. The molecule has 4 heteroatoms. The van der Waals surface area contributed by atoms with Crippen LogP contribution in [0, 0.1) is 12.3 Å². The summed E-state index contributed by atoms with van der Waals surface area (Å²) in [6, 6.07) is 0. The number of methoxy groups -OCH3 is 1. The number of rotatable bonds is 12. The van der Waals surface area contributed by atoms with Gasteiger partial charge in [0, 0.05) is 12.3 Å². The third kappa shape index (κ3) is 12.9. The summed E-state index contributed by atoms with van der Waals surface area (Å²) < 4.78 is 9.36. The first-order chi connectivity index (χ1) is 9.70. The maximum Gasteiger partial charge on any atom is 0.384 e. The largest absolute Gasteiger partial charge is 0.469 e. The highest BCUT2D eigenvalue weighted by Gasteiger charge is 1.99. The van der Waals surface area contributed by atoms with E-state index in [0.717, 1.165) is 32.1 Å². The molecular weight excluding hydrogens is 256 g/mol. The smallest absolute Gasteiger partial charge is 0.384 e. The average Bonchev–Trinajstić information content (AvgIpc) is 2.47. The molecule has 0 aromatic heterocycles. The van der Waals surface area contributed by atoms with Crippen LogP contribution in [0.1, 0.15) is 64.2 Å². The van der Waals surface area contributed by atoms with Crippen molar-refractivity contribution in [1.82, 2.24) is 0 Å². The van der Waals surface area contributed by atoms with E-state index < -0.39 is 5.97 Å². The van der Waals surface area contributed by atoms with E-state index in [4.69, 9.17) is 11.2 Å². The van der Waals surface area contributed by atoms with Gasteiger partial charge >= 0.3 is 11.9 Å². The number of carbonyl (C=O) groups is 2. The lowest BCUT2D eigenvalue weighted by atomic mass is 10.1. The predicted molar refractivity (Wildman–Crippen MR) is 78.0 cm³/mol. The van der Waals surface area contributed by atoms with Crippen LogP contribution < -0.4 is 0 Å². The molecule has 0 bridgehead atoms. The van der Waals surface area contributed by atoms with Gasteiger partial charge in [-0.05, 0) is 12.8 Å². The normalized spacial score (nSPS) is 9.80. The highest BCUT2D eigenvalue weighted by atomic mass is 16.5. The second-order valence-corrected chi connectivity index (χ2v) is 4.79. The summed E-state index contributed by atoms with van der Waals surface area (Å²) >= 11 is 0. The van der Waals surface area contributed by atoms with E-state index in [1.54, 1.807) is 0 Å². The summed E-state index contributed by atoms with van der Waals surface area (Å²) in [6.45, 7) is 0.427. The molecule has 0 fully saturated rings. The maximum atomic E-state index is 10.9. The Hall–Kier alpha value is -1.50. The SMILES string of the molecule is C#CC(=O)OCCCCCCCCCCCC(=O)OC. The van der Waals surface area contributed by atoms with Crippen molar-refractivity contribution in [2.24, 2.45) is 0 Å². The fourth-order valence-corrected chi connectivity index (χ4v) is 1.92. The van der Waals surface area contributed by atoms with Crippen molar-refractivity contribution in [2.75, 3.05) is 13.7 Å². The number of ether oxygens (including phenoxy) is 2. The number of carbonyl (C=O) groups excluding carboxylic acids is 2. The molecule has 0 atom stereocenters. The standard InChI is InChI=1S/C16H26O4/c1-3-15(17)20-14-12-10-8-6-4-5-7-9-11-13-16(18)19-2/h1H,4-14H2,2H3. The molecular formula is C16H26O4. The van der Waals surface area contributed by atoms with Gasteiger partial charge in [-0.1, -0.05) is 44.9 Å². The second kappa shape index (κ2) is 13.9. The lowest BCUT2D eigenvalue weighted by Crippen LogP contribution is -2.02. The quantitative estimate of drug-likeness (QED) is 0.239. The monoisotopic (exact) mass is 282 g/mol. The number of unbranched alkanes of at least 4 members (excludes halogenated alkanes) is 8. The van der Waals surface area contributed by atoms with Crippen LogP contribution in [0.3, 0.4) is 0 Å². The summed E-state index contributed by atoms with van der Waals surface area (Å²) in [5, 5.41) is 0. The van der Waals surface area contributed by atoms with E-state index in [9.17, 15) is 9.59 Å². The molecule has 0 saturated heterocycles. The highest BCUT2D eigenvalue weighted by molar-refractivity contribution is 5.87. The van der Waals surface area contributed by atoms with Crippen LogP contribution in [0.5, 0.6) is 0 Å². The fourth-order valence-electron chi connectivity index (χ4n) is 1.92. The lowest BCUT2D eigenvalue weighted by Gasteiger charge is -2.03. The molecule has 0 aromatic carbocycles. The van der Waals surface area contributed by atoms with Crippen LogP contribution in [-0.4, -0.2) is 25.7 Å². The van der Waals surface area contributed by atoms with Gasteiger partial charge in [0.1, 0.15) is 0 Å². The van der Waals surface area contributed by atoms with Gasteiger partial charge in [0.25, 0.3) is 0 Å². The van der Waals surface area contributed by atoms with Gasteiger partial charge in [0.15, 0.2) is 0 Å². The van der Waals surface area contributed by atoms with Crippen LogP contribution >= 0.6 is 0 Å². The number of esters is 2. The lowest BCUT2D eigenvalue weighted by molar-refractivity contribution is -0.140. The molecule has 0 saturated carbocycles. The van der Waals surface area contributed by atoms with E-state index in [1.807, 2.05) is 5.92 Å². The molecule has 4 nitrogen and oxygen atoms in total. The Kier molecular flexibility index (Phi) is 12.9. The van der Waals surface area contributed by atoms with Crippen molar-refractivity contribution < 1.29 is 19.1 Å². The molecule has 0 aromatic rings. The molecule has 114 valence electrons. The van der Waals surface area contributed by atoms with E-state index in [0.29, 0.717) is 13.0 Å². The zero-order valence-electron chi connectivity index (χ0n) is 12.5. The second-order valence-electron chi connectivity index (χ2n) is 4.79. The third-order valence-corrected chi connectivity index (χ3v) is 3.10. The van der Waals surface area contributed by atoms with Crippen LogP contribution in [0.15, 0.2) is 0 Å². The molecule has 0 N–H and O–H groups in total. The molecule has 0 spiro atoms. The number of hydrogen-bond acceptors (Lipinski definition) is 4. The van der Waals surface area contributed by atoms with Crippen molar-refractivity contribution in [1.29, 1.82) is 0 Å². The molecule has 0 rings (SSSR count). The van der Waals surface area contributed by atoms with Gasteiger partial charge in [-0.3, -0.25) is 4.79 Å². The topological polar surface area (TPSA) is 52.6 Å². The third-order valence-electron chi connectivity index (χ3n) is 3.10. The van der Waals surface area contributed by atoms with E-state index in [-0.39, 0.29) is 5.97 Å². The van der Waals surface area contributed by atoms with Crippen LogP contribution in [0.25, 0.3) is 0 Å². The fraction of sp³-hybridized carbons (Fsp3) is 0.750. The first-order valence-electron chi connectivity index (χ1n) is 7.41. The number of terminal acetylenes is 1. The minimum Gasteiger partial charge on any atom is -0.469 e. The molecule has 0 amide bonds. The Morgan fingerprint density at radius 1 is 0.900 bits per heavy atom. The summed E-state index contributed by atoms with van der Waals surface area (Å²) in [5.41, 5.74) is 0. The molecule has 0 aliphatic rings. The molecule has 0 radical (unpaired) electrons. The van der Waals surface area contributed by atoms with Crippen LogP contribution in [0.2, 0.25) is 0 Å². The summed E-state index contributed by atoms with van der Waals surface area (Å²) in [7, 11) is 1.43. The number of hydrogen-bond donors (Lipinski definition) is 0. The molecule has 0 aliphatic heterocycles. The Morgan fingerprint density at radius 2 is 1.40 bits per heavy atom. The van der Waals surface area contributed by atoms with Gasteiger partial charge in [-0.25, -0.2) is 4.79 Å². The Balaban J connectivity index is 3.08. The first-order valence-corrected chi connectivity index (χ1v) is 7.41. The minimum atomic E-state index is -0.572. The molecule has 0 heterocycles. The van der Waals surface area contributed by atoms with Crippen molar-refractivity contribution in [3.05, 3.63) is 0 Å².